The number of carboxylic acids is 2. The minimum atomic E-state index is -3.49. The first-order chi connectivity index (χ1) is 8.30. The van der Waals surface area contributed by atoms with Crippen LogP contribution >= 0.6 is 0 Å². The van der Waals surface area contributed by atoms with Crippen LogP contribution in [0, 0.1) is 0 Å². The minimum Gasteiger partial charge on any atom is -0.481 e. The molecule has 0 atom stereocenters. The number of sulfone groups is 1. The summed E-state index contributed by atoms with van der Waals surface area (Å²) in [4.78, 5) is 20.9. The molecule has 0 saturated carbocycles. The molecule has 2 N–H and O–H groups in total. The van der Waals surface area contributed by atoms with Crippen molar-refractivity contribution in [2.45, 2.75) is 12.2 Å². The van der Waals surface area contributed by atoms with Gasteiger partial charge in [0.2, 0.25) is 0 Å². The summed E-state index contributed by atoms with van der Waals surface area (Å²) in [5.74, 6) is -2.97. The van der Waals surface area contributed by atoms with Gasteiger partial charge in [-0.25, -0.2) is 13.2 Å². The quantitative estimate of drug-likeness (QED) is 0.791. The molecule has 0 fully saturated rings. The van der Waals surface area contributed by atoms with Crippen molar-refractivity contribution in [3.63, 3.8) is 0 Å². The Balaban J connectivity index is 2.72. The molecule has 0 aromatic heterocycles. The highest BCUT2D eigenvalue weighted by Crippen LogP contribution is 2.10. The molecule has 0 radical (unpaired) electrons. The summed E-state index contributed by atoms with van der Waals surface area (Å²) in [6.07, 6.45) is -0.435. The first-order valence-corrected chi connectivity index (χ1v) is 6.87. The molecule has 0 unspecified atom stereocenters. The fourth-order valence-electron chi connectivity index (χ4n) is 1.31. The van der Waals surface area contributed by atoms with Crippen LogP contribution in [0.25, 0.3) is 0 Å². The maximum Gasteiger partial charge on any atom is 0.335 e. The standard InChI is InChI=1S/C11H12O6S/c12-10(13)5-6-18(16,17)7-8-1-3-9(4-2-8)11(14)15/h1-4H,5-7H2,(H,12,13)(H,14,15). The van der Waals surface area contributed by atoms with Crippen molar-refractivity contribution >= 4 is 21.8 Å². The van der Waals surface area contributed by atoms with Crippen molar-refractivity contribution < 1.29 is 28.2 Å². The third-order valence-electron chi connectivity index (χ3n) is 2.21. The number of aromatic carboxylic acids is 1. The van der Waals surface area contributed by atoms with E-state index in [1.807, 2.05) is 0 Å². The second-order valence-electron chi connectivity index (χ2n) is 3.74. The lowest BCUT2D eigenvalue weighted by Gasteiger charge is -2.03. The Bertz CT molecular complexity index is 543. The highest BCUT2D eigenvalue weighted by molar-refractivity contribution is 7.90. The van der Waals surface area contributed by atoms with E-state index in [9.17, 15) is 18.0 Å². The molecule has 18 heavy (non-hydrogen) atoms. The van der Waals surface area contributed by atoms with Crippen molar-refractivity contribution in [1.82, 2.24) is 0 Å². The van der Waals surface area contributed by atoms with E-state index in [4.69, 9.17) is 10.2 Å². The Hall–Kier alpha value is -1.89. The van der Waals surface area contributed by atoms with Crippen LogP contribution in [0.2, 0.25) is 0 Å². The second kappa shape index (κ2) is 5.63. The number of carboxylic acid groups (broad SMARTS) is 2. The summed E-state index contributed by atoms with van der Waals surface area (Å²) in [6.45, 7) is 0. The Labute approximate surface area is 104 Å². The highest BCUT2D eigenvalue weighted by atomic mass is 32.2. The van der Waals surface area contributed by atoms with E-state index in [2.05, 4.69) is 0 Å². The SMILES string of the molecule is O=C(O)CCS(=O)(=O)Cc1ccc(C(=O)O)cc1. The summed E-state index contributed by atoms with van der Waals surface area (Å²) in [7, 11) is -3.49. The highest BCUT2D eigenvalue weighted by Gasteiger charge is 2.14. The summed E-state index contributed by atoms with van der Waals surface area (Å²) in [6, 6.07) is 5.43. The average Bonchev–Trinajstić information content (AvgIpc) is 2.27. The largest absolute Gasteiger partial charge is 0.481 e. The fraction of sp³-hybridized carbons (Fsp3) is 0.273. The molecule has 1 aromatic rings. The van der Waals surface area contributed by atoms with Gasteiger partial charge in [0.05, 0.1) is 23.5 Å². The number of hydrogen-bond donors (Lipinski definition) is 2. The lowest BCUT2D eigenvalue weighted by Crippen LogP contribution is -2.13. The number of hydrogen-bond acceptors (Lipinski definition) is 4. The number of aliphatic carboxylic acids is 1. The molecule has 0 heterocycles. The van der Waals surface area contributed by atoms with Crippen molar-refractivity contribution in [1.29, 1.82) is 0 Å². The van der Waals surface area contributed by atoms with E-state index in [-0.39, 0.29) is 11.3 Å². The van der Waals surface area contributed by atoms with Gasteiger partial charge in [-0.3, -0.25) is 4.79 Å². The Kier molecular flexibility index (Phi) is 4.43. The first kappa shape index (κ1) is 14.2. The van der Waals surface area contributed by atoms with E-state index < -0.39 is 33.9 Å². The van der Waals surface area contributed by atoms with Gasteiger partial charge in [0, 0.05) is 0 Å². The first-order valence-electron chi connectivity index (χ1n) is 5.04. The number of carbonyl (C=O) groups is 2. The van der Waals surface area contributed by atoms with E-state index >= 15 is 0 Å². The molecule has 1 aromatic carbocycles. The van der Waals surface area contributed by atoms with Crippen LogP contribution in [0.3, 0.4) is 0 Å². The van der Waals surface area contributed by atoms with Crippen LogP contribution in [0.4, 0.5) is 0 Å². The zero-order chi connectivity index (χ0) is 13.8. The summed E-state index contributed by atoms with van der Waals surface area (Å²) in [5, 5.41) is 17.1. The third-order valence-corrected chi connectivity index (χ3v) is 3.81. The monoisotopic (exact) mass is 272 g/mol. The third kappa shape index (κ3) is 4.54. The van der Waals surface area contributed by atoms with E-state index in [0.717, 1.165) is 0 Å². The molecule has 0 aliphatic carbocycles. The van der Waals surface area contributed by atoms with Crippen molar-refractivity contribution in [3.8, 4) is 0 Å². The van der Waals surface area contributed by atoms with Gasteiger partial charge in [-0.2, -0.15) is 0 Å². The number of rotatable bonds is 6. The van der Waals surface area contributed by atoms with Crippen LogP contribution < -0.4 is 0 Å². The van der Waals surface area contributed by atoms with Gasteiger partial charge in [-0.05, 0) is 17.7 Å². The molecule has 7 heteroatoms. The summed E-state index contributed by atoms with van der Waals surface area (Å²) < 4.78 is 23.1. The zero-order valence-electron chi connectivity index (χ0n) is 9.37. The van der Waals surface area contributed by atoms with Crippen LogP contribution in [0.5, 0.6) is 0 Å². The van der Waals surface area contributed by atoms with Crippen molar-refractivity contribution in [2.75, 3.05) is 5.75 Å². The van der Waals surface area contributed by atoms with Gasteiger partial charge in [-0.1, -0.05) is 12.1 Å². The van der Waals surface area contributed by atoms with Gasteiger partial charge < -0.3 is 10.2 Å². The molecule has 0 saturated heterocycles. The smallest absolute Gasteiger partial charge is 0.335 e. The molecule has 0 amide bonds. The lowest BCUT2D eigenvalue weighted by molar-refractivity contribution is -0.136. The van der Waals surface area contributed by atoms with Gasteiger partial charge >= 0.3 is 11.9 Å². The molecular weight excluding hydrogens is 260 g/mol. The van der Waals surface area contributed by atoms with E-state index in [1.54, 1.807) is 0 Å². The summed E-state index contributed by atoms with van der Waals surface area (Å²) >= 11 is 0. The molecular formula is C11H12O6S. The molecule has 0 spiro atoms. The normalized spacial score (nSPS) is 11.1. The molecule has 6 nitrogen and oxygen atoms in total. The van der Waals surface area contributed by atoms with Gasteiger partial charge in [0.15, 0.2) is 9.84 Å². The lowest BCUT2D eigenvalue weighted by atomic mass is 10.1. The van der Waals surface area contributed by atoms with Crippen LogP contribution in [0.1, 0.15) is 22.3 Å². The van der Waals surface area contributed by atoms with E-state index in [0.29, 0.717) is 5.56 Å². The fourth-order valence-corrected chi connectivity index (χ4v) is 2.64. The number of benzene rings is 1. The van der Waals surface area contributed by atoms with Crippen molar-refractivity contribution in [3.05, 3.63) is 35.4 Å². The molecule has 98 valence electrons. The molecule has 0 bridgehead atoms. The van der Waals surface area contributed by atoms with Crippen LogP contribution in [0.15, 0.2) is 24.3 Å². The Morgan fingerprint density at radius 3 is 2.06 bits per heavy atom. The Morgan fingerprint density at radius 2 is 1.61 bits per heavy atom. The van der Waals surface area contributed by atoms with Gasteiger partial charge in [-0.15, -0.1) is 0 Å². The Morgan fingerprint density at radius 1 is 1.06 bits per heavy atom. The average molecular weight is 272 g/mol. The second-order valence-corrected chi connectivity index (χ2v) is 5.92. The van der Waals surface area contributed by atoms with E-state index in [1.165, 1.54) is 24.3 Å². The minimum absolute atomic E-state index is 0.0710. The van der Waals surface area contributed by atoms with Crippen molar-refractivity contribution in [2.24, 2.45) is 0 Å². The maximum absolute atomic E-state index is 11.5. The van der Waals surface area contributed by atoms with Gasteiger partial charge in [0.25, 0.3) is 0 Å². The van der Waals surface area contributed by atoms with Gasteiger partial charge in [0.1, 0.15) is 0 Å². The maximum atomic E-state index is 11.5. The predicted molar refractivity (Wildman–Crippen MR) is 63.1 cm³/mol. The molecule has 0 aliphatic rings. The zero-order valence-corrected chi connectivity index (χ0v) is 10.2. The topological polar surface area (TPSA) is 109 Å². The molecule has 0 aliphatic heterocycles. The molecule has 1 rings (SSSR count). The van der Waals surface area contributed by atoms with Crippen LogP contribution in [-0.2, 0) is 20.4 Å². The summed E-state index contributed by atoms with van der Waals surface area (Å²) in [5.41, 5.74) is 0.507. The predicted octanol–water partition coefficient (Wildman–Crippen LogP) is 0.774. The van der Waals surface area contributed by atoms with Crippen LogP contribution in [-0.4, -0.2) is 36.3 Å².